The highest BCUT2D eigenvalue weighted by Crippen LogP contribution is 2.16. The van der Waals surface area contributed by atoms with Crippen molar-refractivity contribution in [2.45, 2.75) is 85.0 Å². The average Bonchev–Trinajstić information content (AvgIpc) is 2.72. The van der Waals surface area contributed by atoms with Gasteiger partial charge >= 0.3 is 0 Å². The minimum atomic E-state index is 0.0858. The lowest BCUT2D eigenvalue weighted by Gasteiger charge is -2.32. The van der Waals surface area contributed by atoms with Gasteiger partial charge in [0.05, 0.1) is 0 Å². The van der Waals surface area contributed by atoms with E-state index >= 15 is 0 Å². The monoisotopic (exact) mass is 429 g/mol. The number of nitrogens with zero attached hydrogens (tertiary/aromatic N) is 2. The number of likely N-dealkylation sites (N-methyl/N-ethyl adjacent to an activating group) is 1. The van der Waals surface area contributed by atoms with Crippen LogP contribution in [0.3, 0.4) is 0 Å². The molecule has 0 radical (unpaired) electrons. The molecular formula is C27H47N3O. The third-order valence-electron chi connectivity index (χ3n) is 6.69. The van der Waals surface area contributed by atoms with E-state index in [1.54, 1.807) is 0 Å². The lowest BCUT2D eigenvalue weighted by Crippen LogP contribution is -2.44. The molecule has 0 saturated carbocycles. The van der Waals surface area contributed by atoms with Gasteiger partial charge in [-0.3, -0.25) is 4.79 Å². The first-order chi connectivity index (χ1) is 15.0. The molecule has 1 aromatic rings. The SMILES string of the molecule is Cc1cc(C)c(C(=O)NCCCCCCCCCCCCN2CCN(C)CC2)c(C)c1. The predicted molar refractivity (Wildman–Crippen MR) is 133 cm³/mol. The fourth-order valence-electron chi connectivity index (χ4n) is 4.77. The molecule has 176 valence electrons. The van der Waals surface area contributed by atoms with Crippen molar-refractivity contribution in [3.05, 3.63) is 34.4 Å². The number of piperazine rings is 1. The van der Waals surface area contributed by atoms with Gasteiger partial charge in [0.2, 0.25) is 0 Å². The molecule has 1 fully saturated rings. The van der Waals surface area contributed by atoms with Crippen molar-refractivity contribution in [2.75, 3.05) is 46.3 Å². The second-order valence-corrected chi connectivity index (χ2v) is 9.71. The minimum absolute atomic E-state index is 0.0858. The number of aryl methyl sites for hydroxylation is 3. The molecule has 0 atom stereocenters. The standard InChI is InChI=1S/C27H47N3O/c1-23-21-24(2)26(25(3)22-23)27(31)28-15-13-11-9-7-5-6-8-10-12-14-16-30-19-17-29(4)18-20-30/h21-22H,5-20H2,1-4H3,(H,28,31). The van der Waals surface area contributed by atoms with Gasteiger partial charge in [-0.15, -0.1) is 0 Å². The van der Waals surface area contributed by atoms with Crippen LogP contribution in [0, 0.1) is 20.8 Å². The lowest BCUT2D eigenvalue weighted by molar-refractivity contribution is 0.0951. The van der Waals surface area contributed by atoms with Gasteiger partial charge in [-0.2, -0.15) is 0 Å². The molecule has 1 N–H and O–H groups in total. The zero-order chi connectivity index (χ0) is 22.5. The van der Waals surface area contributed by atoms with Crippen LogP contribution >= 0.6 is 0 Å². The van der Waals surface area contributed by atoms with Crippen LogP contribution in [0.1, 0.15) is 91.3 Å². The zero-order valence-corrected chi connectivity index (χ0v) is 20.8. The molecule has 1 aliphatic heterocycles. The van der Waals surface area contributed by atoms with E-state index in [1.165, 1.54) is 96.1 Å². The van der Waals surface area contributed by atoms with E-state index in [0.29, 0.717) is 0 Å². The molecule has 4 heteroatoms. The molecule has 1 aliphatic rings. The summed E-state index contributed by atoms with van der Waals surface area (Å²) in [4.78, 5) is 17.5. The second kappa shape index (κ2) is 14.6. The second-order valence-electron chi connectivity index (χ2n) is 9.71. The van der Waals surface area contributed by atoms with Crippen LogP contribution in [0.15, 0.2) is 12.1 Å². The fraction of sp³-hybridized carbons (Fsp3) is 0.741. The van der Waals surface area contributed by atoms with Crippen LogP contribution in [-0.4, -0.2) is 62.0 Å². The third kappa shape index (κ3) is 10.2. The van der Waals surface area contributed by atoms with Gasteiger partial charge in [-0.25, -0.2) is 0 Å². The molecule has 1 aromatic carbocycles. The maximum absolute atomic E-state index is 12.5. The molecule has 0 aliphatic carbocycles. The summed E-state index contributed by atoms with van der Waals surface area (Å²) in [5.41, 5.74) is 4.23. The van der Waals surface area contributed by atoms with E-state index in [9.17, 15) is 4.79 Å². The van der Waals surface area contributed by atoms with Crippen molar-refractivity contribution >= 4 is 5.91 Å². The van der Waals surface area contributed by atoms with Gasteiger partial charge in [0.15, 0.2) is 0 Å². The smallest absolute Gasteiger partial charge is 0.251 e. The number of hydrogen-bond acceptors (Lipinski definition) is 3. The molecule has 0 unspecified atom stereocenters. The summed E-state index contributed by atoms with van der Waals surface area (Å²) in [5, 5.41) is 3.11. The van der Waals surface area contributed by atoms with Crippen LogP contribution in [0.5, 0.6) is 0 Å². The molecule has 4 nitrogen and oxygen atoms in total. The average molecular weight is 430 g/mol. The Bertz CT molecular complexity index is 627. The van der Waals surface area contributed by atoms with Gasteiger partial charge in [0.1, 0.15) is 0 Å². The predicted octanol–water partition coefficient (Wildman–Crippen LogP) is 5.49. The lowest BCUT2D eigenvalue weighted by atomic mass is 9.99. The van der Waals surface area contributed by atoms with Gasteiger partial charge in [0.25, 0.3) is 5.91 Å². The highest BCUT2D eigenvalue weighted by Gasteiger charge is 2.13. The van der Waals surface area contributed by atoms with E-state index in [2.05, 4.69) is 41.2 Å². The van der Waals surface area contributed by atoms with Gasteiger partial charge in [-0.05, 0) is 58.3 Å². The third-order valence-corrected chi connectivity index (χ3v) is 6.69. The molecule has 0 spiro atoms. The van der Waals surface area contributed by atoms with Crippen LogP contribution < -0.4 is 5.32 Å². The van der Waals surface area contributed by atoms with Gasteiger partial charge in [-0.1, -0.05) is 69.1 Å². The quantitative estimate of drug-likeness (QED) is 0.397. The Morgan fingerprint density at radius 3 is 1.81 bits per heavy atom. The molecular weight excluding hydrogens is 382 g/mol. The van der Waals surface area contributed by atoms with E-state index in [-0.39, 0.29) is 5.91 Å². The number of hydrogen-bond donors (Lipinski definition) is 1. The number of rotatable bonds is 14. The van der Waals surface area contributed by atoms with E-state index < -0.39 is 0 Å². The van der Waals surface area contributed by atoms with E-state index in [4.69, 9.17) is 0 Å². The Hall–Kier alpha value is -1.39. The molecule has 0 aromatic heterocycles. The highest BCUT2D eigenvalue weighted by atomic mass is 16.1. The van der Waals surface area contributed by atoms with Crippen LogP contribution in [-0.2, 0) is 0 Å². The van der Waals surface area contributed by atoms with Crippen molar-refractivity contribution in [3.63, 3.8) is 0 Å². The van der Waals surface area contributed by atoms with Crippen LogP contribution in [0.25, 0.3) is 0 Å². The van der Waals surface area contributed by atoms with E-state index in [1.807, 2.05) is 13.8 Å². The first kappa shape index (κ1) is 25.9. The Balaban J connectivity index is 1.38. The van der Waals surface area contributed by atoms with Gasteiger partial charge in [0, 0.05) is 38.3 Å². The maximum Gasteiger partial charge on any atom is 0.251 e. The van der Waals surface area contributed by atoms with Crippen molar-refractivity contribution in [1.29, 1.82) is 0 Å². The topological polar surface area (TPSA) is 35.6 Å². The first-order valence-electron chi connectivity index (χ1n) is 12.7. The Morgan fingerprint density at radius 2 is 1.26 bits per heavy atom. The number of benzene rings is 1. The number of nitrogens with one attached hydrogen (secondary N) is 1. The highest BCUT2D eigenvalue weighted by molar-refractivity contribution is 5.97. The van der Waals surface area contributed by atoms with Crippen LogP contribution in [0.4, 0.5) is 0 Å². The Kier molecular flexibility index (Phi) is 12.2. The molecule has 1 saturated heterocycles. The number of carbonyl (C=O) groups excluding carboxylic acids is 1. The van der Waals surface area contributed by atoms with Crippen molar-refractivity contribution in [3.8, 4) is 0 Å². The summed E-state index contributed by atoms with van der Waals surface area (Å²) in [7, 11) is 2.23. The zero-order valence-electron chi connectivity index (χ0n) is 20.8. The number of unbranched alkanes of at least 4 members (excludes halogenated alkanes) is 9. The van der Waals surface area contributed by atoms with E-state index in [0.717, 1.165) is 29.7 Å². The molecule has 0 bridgehead atoms. The summed E-state index contributed by atoms with van der Waals surface area (Å²) >= 11 is 0. The van der Waals surface area contributed by atoms with Crippen molar-refractivity contribution < 1.29 is 4.79 Å². The summed E-state index contributed by atoms with van der Waals surface area (Å²) < 4.78 is 0. The number of amides is 1. The van der Waals surface area contributed by atoms with Crippen LogP contribution in [0.2, 0.25) is 0 Å². The van der Waals surface area contributed by atoms with Crippen molar-refractivity contribution in [2.24, 2.45) is 0 Å². The first-order valence-corrected chi connectivity index (χ1v) is 12.7. The molecule has 2 rings (SSSR count). The molecule has 1 heterocycles. The molecule has 31 heavy (non-hydrogen) atoms. The molecule has 1 amide bonds. The Morgan fingerprint density at radius 1 is 0.774 bits per heavy atom. The van der Waals surface area contributed by atoms with Gasteiger partial charge < -0.3 is 15.1 Å². The summed E-state index contributed by atoms with van der Waals surface area (Å²) in [5.74, 6) is 0.0858. The summed E-state index contributed by atoms with van der Waals surface area (Å²) in [6.45, 7) is 13.2. The normalized spacial score (nSPS) is 15.4. The summed E-state index contributed by atoms with van der Waals surface area (Å²) in [6, 6.07) is 4.19. The van der Waals surface area contributed by atoms with Crippen molar-refractivity contribution in [1.82, 2.24) is 15.1 Å². The minimum Gasteiger partial charge on any atom is -0.352 e. The Labute approximate surface area is 191 Å². The summed E-state index contributed by atoms with van der Waals surface area (Å²) in [6.07, 6.45) is 13.3. The number of carbonyl (C=O) groups is 1. The largest absolute Gasteiger partial charge is 0.352 e. The fourth-order valence-corrected chi connectivity index (χ4v) is 4.77. The maximum atomic E-state index is 12.5.